The van der Waals surface area contributed by atoms with Crippen LogP contribution < -0.4 is 0 Å². The number of rotatable bonds is 3. The van der Waals surface area contributed by atoms with Crippen LogP contribution in [-0.2, 0) is 14.2 Å². The molecule has 2 heterocycles. The van der Waals surface area contributed by atoms with Crippen LogP contribution in [0.5, 0.6) is 0 Å². The summed E-state index contributed by atoms with van der Waals surface area (Å²) in [6.45, 7) is 12.0. The summed E-state index contributed by atoms with van der Waals surface area (Å²) in [6, 6.07) is 0. The summed E-state index contributed by atoms with van der Waals surface area (Å²) >= 11 is 0. The zero-order valence-electron chi connectivity index (χ0n) is 18.4. The molecule has 0 unspecified atom stereocenters. The van der Waals surface area contributed by atoms with E-state index in [1.165, 1.54) is 6.42 Å². The summed E-state index contributed by atoms with van der Waals surface area (Å²) in [7, 11) is 0. The summed E-state index contributed by atoms with van der Waals surface area (Å²) in [5.74, 6) is 0.409. The Balaban J connectivity index is 1.70. The maximum atomic E-state index is 10.1. The van der Waals surface area contributed by atoms with Gasteiger partial charge in [-0.1, -0.05) is 20.8 Å². The van der Waals surface area contributed by atoms with Gasteiger partial charge in [-0.25, -0.2) is 0 Å². The number of ether oxygens (including phenoxy) is 3. The van der Waals surface area contributed by atoms with Crippen molar-refractivity contribution in [3.05, 3.63) is 0 Å². The minimum atomic E-state index is -0.590. The van der Waals surface area contributed by atoms with Gasteiger partial charge < -0.3 is 24.4 Å². The maximum Gasteiger partial charge on any atom is 0.163 e. The van der Waals surface area contributed by atoms with Gasteiger partial charge >= 0.3 is 0 Å². The Labute approximate surface area is 170 Å². The molecule has 5 nitrogen and oxygen atoms in total. The third-order valence-electron chi connectivity index (χ3n) is 9.24. The van der Waals surface area contributed by atoms with Crippen molar-refractivity contribution >= 4 is 0 Å². The lowest BCUT2D eigenvalue weighted by atomic mass is 9.43. The number of aliphatic hydroxyl groups excluding tert-OH is 2. The first-order valence-electron chi connectivity index (χ1n) is 11.3. The van der Waals surface area contributed by atoms with E-state index in [4.69, 9.17) is 14.2 Å². The highest BCUT2D eigenvalue weighted by Gasteiger charge is 2.70. The summed E-state index contributed by atoms with van der Waals surface area (Å²) in [4.78, 5) is 0. The Hall–Kier alpha value is -0.200. The van der Waals surface area contributed by atoms with E-state index in [1.54, 1.807) is 0 Å². The highest BCUT2D eigenvalue weighted by atomic mass is 16.7. The second-order valence-electron chi connectivity index (χ2n) is 11.1. The molecule has 5 heteroatoms. The standard InChI is InChI=1S/C23H40O5/c1-16-6-7-17-20(4)15-26-19(2,3)27-18(20)8-9-21(17,5)23(16)11-10-22(14-25,28-23)12-13-24/h16-18,24-25H,6-15H2,1-5H3/t16-,17-,18-,20-,21-,22-,23+/m0/s1. The molecule has 0 radical (unpaired) electrons. The van der Waals surface area contributed by atoms with Crippen LogP contribution >= 0.6 is 0 Å². The average molecular weight is 397 g/mol. The molecule has 0 aromatic heterocycles. The zero-order chi connectivity index (χ0) is 20.4. The van der Waals surface area contributed by atoms with E-state index in [0.717, 1.165) is 38.7 Å². The van der Waals surface area contributed by atoms with Crippen molar-refractivity contribution in [2.45, 2.75) is 103 Å². The largest absolute Gasteiger partial charge is 0.396 e. The van der Waals surface area contributed by atoms with Crippen LogP contribution in [0.1, 0.15) is 79.6 Å². The number of fused-ring (bicyclic) bond motifs is 4. The summed E-state index contributed by atoms with van der Waals surface area (Å²) in [6.07, 6.45) is 6.95. The molecule has 2 aliphatic carbocycles. The van der Waals surface area contributed by atoms with E-state index >= 15 is 0 Å². The monoisotopic (exact) mass is 396 g/mol. The van der Waals surface area contributed by atoms with Crippen LogP contribution in [0.3, 0.4) is 0 Å². The lowest BCUT2D eigenvalue weighted by molar-refractivity contribution is -0.359. The predicted molar refractivity (Wildman–Crippen MR) is 107 cm³/mol. The molecule has 28 heavy (non-hydrogen) atoms. The Morgan fingerprint density at radius 2 is 1.71 bits per heavy atom. The van der Waals surface area contributed by atoms with E-state index in [1.807, 2.05) is 13.8 Å². The van der Waals surface area contributed by atoms with Crippen molar-refractivity contribution < 1.29 is 24.4 Å². The number of hydrogen-bond donors (Lipinski definition) is 2. The van der Waals surface area contributed by atoms with Crippen LogP contribution in [-0.4, -0.2) is 53.1 Å². The van der Waals surface area contributed by atoms with Crippen molar-refractivity contribution in [3.63, 3.8) is 0 Å². The lowest BCUT2D eigenvalue weighted by Crippen LogP contribution is -2.69. The van der Waals surface area contributed by atoms with Crippen LogP contribution in [0.25, 0.3) is 0 Å². The molecule has 4 aliphatic rings. The van der Waals surface area contributed by atoms with Crippen LogP contribution in [0.2, 0.25) is 0 Å². The first-order valence-corrected chi connectivity index (χ1v) is 11.3. The van der Waals surface area contributed by atoms with Gasteiger partial charge in [0.25, 0.3) is 0 Å². The SMILES string of the molecule is C[C@H]1CC[C@H]2[C@]3(C)COC(C)(C)O[C@H]3CC[C@]2(C)[C@@]12CC[C@@](CO)(CCO)O2. The molecule has 0 aromatic rings. The average Bonchev–Trinajstić information content (AvgIpc) is 3.03. The number of hydrogen-bond acceptors (Lipinski definition) is 5. The van der Waals surface area contributed by atoms with Crippen molar-refractivity contribution in [1.82, 2.24) is 0 Å². The minimum absolute atomic E-state index is 0.0108. The molecule has 2 aliphatic heterocycles. The van der Waals surface area contributed by atoms with Crippen LogP contribution in [0.4, 0.5) is 0 Å². The fourth-order valence-electron chi connectivity index (χ4n) is 7.57. The topological polar surface area (TPSA) is 68.2 Å². The zero-order valence-corrected chi connectivity index (χ0v) is 18.4. The molecule has 1 spiro atoms. The van der Waals surface area contributed by atoms with Gasteiger partial charge in [0, 0.05) is 23.9 Å². The molecular formula is C23H40O5. The fraction of sp³-hybridized carbons (Fsp3) is 1.00. The molecule has 2 saturated carbocycles. The Bertz CT molecular complexity index is 608. The van der Waals surface area contributed by atoms with Gasteiger partial charge in [0.2, 0.25) is 0 Å². The molecular weight excluding hydrogens is 356 g/mol. The van der Waals surface area contributed by atoms with Crippen molar-refractivity contribution in [2.24, 2.45) is 22.7 Å². The predicted octanol–water partition coefficient (Wildman–Crippen LogP) is 3.65. The van der Waals surface area contributed by atoms with Gasteiger partial charge in [-0.05, 0) is 64.2 Å². The van der Waals surface area contributed by atoms with Crippen molar-refractivity contribution in [1.29, 1.82) is 0 Å². The van der Waals surface area contributed by atoms with E-state index in [9.17, 15) is 10.2 Å². The van der Waals surface area contributed by atoms with Gasteiger partial charge in [-0.2, -0.15) is 0 Å². The van der Waals surface area contributed by atoms with Crippen LogP contribution in [0.15, 0.2) is 0 Å². The van der Waals surface area contributed by atoms with E-state index in [0.29, 0.717) is 18.3 Å². The Morgan fingerprint density at radius 3 is 2.39 bits per heavy atom. The first-order chi connectivity index (χ1) is 13.1. The van der Waals surface area contributed by atoms with E-state index < -0.39 is 11.4 Å². The van der Waals surface area contributed by atoms with E-state index in [2.05, 4.69) is 20.8 Å². The quantitative estimate of drug-likeness (QED) is 0.762. The molecule has 2 saturated heterocycles. The van der Waals surface area contributed by atoms with Gasteiger partial charge in [0.1, 0.15) is 0 Å². The summed E-state index contributed by atoms with van der Waals surface area (Å²) < 4.78 is 19.5. The summed E-state index contributed by atoms with van der Waals surface area (Å²) in [5.41, 5.74) is -0.820. The first kappa shape index (κ1) is 21.0. The molecule has 0 bridgehead atoms. The Morgan fingerprint density at radius 1 is 0.964 bits per heavy atom. The van der Waals surface area contributed by atoms with Crippen molar-refractivity contribution in [3.8, 4) is 0 Å². The van der Waals surface area contributed by atoms with Crippen molar-refractivity contribution in [2.75, 3.05) is 19.8 Å². The normalized spacial score (nSPS) is 53.0. The third kappa shape index (κ3) is 2.76. The molecule has 4 rings (SSSR count). The molecule has 4 fully saturated rings. The second-order valence-corrected chi connectivity index (χ2v) is 11.1. The van der Waals surface area contributed by atoms with E-state index in [-0.39, 0.29) is 35.7 Å². The van der Waals surface area contributed by atoms with Gasteiger partial charge in [-0.15, -0.1) is 0 Å². The molecule has 0 aromatic carbocycles. The molecule has 162 valence electrons. The lowest BCUT2D eigenvalue weighted by Gasteiger charge is -2.67. The Kier molecular flexibility index (Phi) is 5.00. The second kappa shape index (κ2) is 6.65. The smallest absolute Gasteiger partial charge is 0.163 e. The molecule has 2 N–H and O–H groups in total. The number of aliphatic hydroxyl groups is 2. The summed E-state index contributed by atoms with van der Waals surface area (Å²) in [5, 5.41) is 19.7. The maximum absolute atomic E-state index is 10.1. The van der Waals surface area contributed by atoms with Gasteiger partial charge in [0.05, 0.1) is 30.5 Å². The minimum Gasteiger partial charge on any atom is -0.396 e. The van der Waals surface area contributed by atoms with Gasteiger partial charge in [0.15, 0.2) is 5.79 Å². The molecule has 7 atom stereocenters. The highest BCUT2D eigenvalue weighted by molar-refractivity contribution is 5.18. The van der Waals surface area contributed by atoms with Gasteiger partial charge in [-0.3, -0.25) is 0 Å². The highest BCUT2D eigenvalue weighted by Crippen LogP contribution is 2.69. The fourth-order valence-corrected chi connectivity index (χ4v) is 7.57. The third-order valence-corrected chi connectivity index (χ3v) is 9.24. The van der Waals surface area contributed by atoms with Crippen LogP contribution in [0, 0.1) is 22.7 Å². The molecule has 0 amide bonds.